The van der Waals surface area contributed by atoms with E-state index in [2.05, 4.69) is 10.6 Å². The van der Waals surface area contributed by atoms with E-state index >= 15 is 0 Å². The van der Waals surface area contributed by atoms with Crippen LogP contribution in [-0.2, 0) is 27.5 Å². The van der Waals surface area contributed by atoms with Gasteiger partial charge in [-0.2, -0.15) is 0 Å². The van der Waals surface area contributed by atoms with Crippen molar-refractivity contribution in [2.24, 2.45) is 0 Å². The number of hydrogen-bond acceptors (Lipinski definition) is 7. The van der Waals surface area contributed by atoms with Crippen LogP contribution in [0.15, 0.2) is 30.3 Å². The van der Waals surface area contributed by atoms with E-state index in [4.69, 9.17) is 0 Å². The highest BCUT2D eigenvalue weighted by molar-refractivity contribution is 7.15. The van der Waals surface area contributed by atoms with E-state index < -0.39 is 29.9 Å². The van der Waals surface area contributed by atoms with Crippen LogP contribution in [0.3, 0.4) is 0 Å². The number of aliphatic hydroxyl groups excluding tert-OH is 1. The lowest BCUT2D eigenvalue weighted by atomic mass is 10.0. The van der Waals surface area contributed by atoms with E-state index in [1.807, 2.05) is 26.0 Å². The van der Waals surface area contributed by atoms with Gasteiger partial charge in [0, 0.05) is 30.0 Å². The van der Waals surface area contributed by atoms with E-state index in [1.54, 1.807) is 23.1 Å². The molecule has 3 amide bonds. The maximum atomic E-state index is 12.5. The lowest BCUT2D eigenvalue weighted by Crippen LogP contribution is -2.51. The van der Waals surface area contributed by atoms with E-state index in [-0.39, 0.29) is 24.8 Å². The fraction of sp³-hybridized carbons (Fsp3) is 0.391. The predicted molar refractivity (Wildman–Crippen MR) is 118 cm³/mol. The zero-order chi connectivity index (χ0) is 23.0. The fourth-order valence-corrected chi connectivity index (χ4v) is 5.08. The van der Waals surface area contributed by atoms with Crippen molar-refractivity contribution >= 4 is 34.8 Å². The van der Waals surface area contributed by atoms with Crippen LogP contribution in [0.25, 0.3) is 0 Å². The summed E-state index contributed by atoms with van der Waals surface area (Å²) in [6.45, 7) is 4.50. The number of carbonyl (C=O) groups excluding carboxylic acids is 4. The second kappa shape index (κ2) is 8.93. The lowest BCUT2D eigenvalue weighted by molar-refractivity contribution is -0.141. The number of ketones is 1. The maximum Gasteiger partial charge on any atom is 0.293 e. The predicted octanol–water partition coefficient (Wildman–Crippen LogP) is 1.98. The number of hydrogen-bond donors (Lipinski definition) is 3. The Kier molecular flexibility index (Phi) is 6.23. The number of carbonyl (C=O) groups is 4. The van der Waals surface area contributed by atoms with Crippen LogP contribution in [0.4, 0.5) is 0 Å². The van der Waals surface area contributed by atoms with Gasteiger partial charge in [0.15, 0.2) is 0 Å². The molecule has 3 heterocycles. The third-order valence-corrected chi connectivity index (χ3v) is 7.30. The molecule has 0 saturated carbocycles. The van der Waals surface area contributed by atoms with Crippen molar-refractivity contribution in [1.82, 2.24) is 15.5 Å². The smallest absolute Gasteiger partial charge is 0.293 e. The Bertz CT molecular complexity index is 1090. The highest BCUT2D eigenvalue weighted by atomic mass is 32.1. The number of nitrogens with zero attached hydrogens (tertiary/aromatic N) is 1. The van der Waals surface area contributed by atoms with Gasteiger partial charge in [0.05, 0.1) is 10.9 Å². The first-order valence-corrected chi connectivity index (χ1v) is 11.4. The minimum atomic E-state index is -0.980. The minimum Gasteiger partial charge on any atom is -0.374 e. The molecular weight excluding hydrogens is 430 g/mol. The largest absolute Gasteiger partial charge is 0.374 e. The summed E-state index contributed by atoms with van der Waals surface area (Å²) in [5.41, 5.74) is 2.25. The summed E-state index contributed by atoms with van der Waals surface area (Å²) in [6, 6.07) is 8.32. The maximum absolute atomic E-state index is 12.5. The van der Waals surface area contributed by atoms with Gasteiger partial charge in [-0.05, 0) is 35.6 Å². The van der Waals surface area contributed by atoms with Crippen molar-refractivity contribution < 1.29 is 24.3 Å². The van der Waals surface area contributed by atoms with Gasteiger partial charge in [-0.25, -0.2) is 0 Å². The molecule has 2 aliphatic heterocycles. The summed E-state index contributed by atoms with van der Waals surface area (Å²) >= 11 is 1.32. The number of imide groups is 1. The number of amides is 3. The molecule has 2 unspecified atom stereocenters. The monoisotopic (exact) mass is 455 g/mol. The van der Waals surface area contributed by atoms with Crippen LogP contribution in [0.5, 0.6) is 0 Å². The van der Waals surface area contributed by atoms with Crippen LogP contribution >= 0.6 is 11.3 Å². The second-order valence-electron chi connectivity index (χ2n) is 8.37. The summed E-state index contributed by atoms with van der Waals surface area (Å²) in [6.07, 6.45) is -0.413. The molecule has 0 spiro atoms. The van der Waals surface area contributed by atoms with Crippen LogP contribution in [-0.4, -0.2) is 39.6 Å². The Balaban J connectivity index is 1.45. The van der Waals surface area contributed by atoms with Gasteiger partial charge < -0.3 is 10.4 Å². The van der Waals surface area contributed by atoms with Gasteiger partial charge in [0.1, 0.15) is 6.23 Å². The molecule has 2 aliphatic rings. The molecule has 1 fully saturated rings. The molecule has 8 nitrogen and oxygen atoms in total. The first kappa shape index (κ1) is 22.3. The molecule has 168 valence electrons. The van der Waals surface area contributed by atoms with Crippen molar-refractivity contribution in [2.45, 2.75) is 58.0 Å². The Morgan fingerprint density at radius 3 is 2.72 bits per heavy atom. The molecule has 32 heavy (non-hydrogen) atoms. The second-order valence-corrected chi connectivity index (χ2v) is 9.48. The summed E-state index contributed by atoms with van der Waals surface area (Å²) in [5.74, 6) is -1.68. The summed E-state index contributed by atoms with van der Waals surface area (Å²) < 4.78 is 0. The van der Waals surface area contributed by atoms with Crippen molar-refractivity contribution in [1.29, 1.82) is 0 Å². The molecule has 2 aromatic rings. The molecule has 9 heteroatoms. The molecule has 0 radical (unpaired) electrons. The first-order valence-electron chi connectivity index (χ1n) is 10.6. The van der Waals surface area contributed by atoms with Gasteiger partial charge in [-0.15, -0.1) is 11.3 Å². The van der Waals surface area contributed by atoms with Gasteiger partial charge in [0.2, 0.25) is 11.8 Å². The number of benzene rings is 1. The summed E-state index contributed by atoms with van der Waals surface area (Å²) in [4.78, 5) is 51.8. The van der Waals surface area contributed by atoms with E-state index in [1.165, 1.54) is 11.3 Å². The molecule has 4 rings (SSSR count). The summed E-state index contributed by atoms with van der Waals surface area (Å²) in [7, 11) is 0. The third kappa shape index (κ3) is 4.23. The Labute approximate surface area is 189 Å². The molecule has 1 saturated heterocycles. The van der Waals surface area contributed by atoms with E-state index in [9.17, 15) is 24.3 Å². The minimum absolute atomic E-state index is 0.131. The Morgan fingerprint density at radius 1 is 1.25 bits per heavy atom. The van der Waals surface area contributed by atoms with E-state index in [0.29, 0.717) is 23.4 Å². The molecule has 1 aromatic carbocycles. The van der Waals surface area contributed by atoms with Gasteiger partial charge in [-0.3, -0.25) is 29.4 Å². The zero-order valence-electron chi connectivity index (χ0n) is 17.9. The Morgan fingerprint density at radius 2 is 2.03 bits per heavy atom. The quantitative estimate of drug-likeness (QED) is 0.349. The normalized spacial score (nSPS) is 20.9. The van der Waals surface area contributed by atoms with Crippen LogP contribution < -0.4 is 10.6 Å². The molecule has 1 aromatic heterocycles. The highest BCUT2D eigenvalue weighted by Gasteiger charge is 2.40. The molecule has 0 bridgehead atoms. The average molecular weight is 456 g/mol. The molecule has 2 atom stereocenters. The van der Waals surface area contributed by atoms with Crippen molar-refractivity contribution in [3.05, 3.63) is 56.8 Å². The van der Waals surface area contributed by atoms with Crippen molar-refractivity contribution in [3.63, 3.8) is 0 Å². The number of Topliss-reactive ketones (excluding diaryl/α,β-unsaturated/α-hetero) is 1. The van der Waals surface area contributed by atoms with Crippen LogP contribution in [0, 0.1) is 0 Å². The SMILES string of the molecule is CC(C)c1ccc(C(=O)C(=O)NCc2cccc3c2CN(C2CCC(=O)NC2=O)C3O)s1. The first-order chi connectivity index (χ1) is 15.3. The van der Waals surface area contributed by atoms with Crippen LogP contribution in [0.2, 0.25) is 0 Å². The summed E-state index contributed by atoms with van der Waals surface area (Å²) in [5, 5.41) is 15.8. The number of thiophene rings is 1. The molecular formula is C23H25N3O5S. The highest BCUT2D eigenvalue weighted by Crippen LogP contribution is 2.36. The molecule has 0 aliphatic carbocycles. The number of fused-ring (bicyclic) bond motifs is 1. The van der Waals surface area contributed by atoms with Gasteiger partial charge in [-0.1, -0.05) is 32.0 Å². The van der Waals surface area contributed by atoms with Gasteiger partial charge >= 0.3 is 0 Å². The van der Waals surface area contributed by atoms with Gasteiger partial charge in [0.25, 0.3) is 11.7 Å². The Hall–Kier alpha value is -2.88. The van der Waals surface area contributed by atoms with E-state index in [0.717, 1.165) is 16.0 Å². The average Bonchev–Trinajstić information content (AvgIpc) is 3.38. The van der Waals surface area contributed by atoms with Crippen molar-refractivity contribution in [2.75, 3.05) is 0 Å². The number of nitrogens with one attached hydrogen (secondary N) is 2. The van der Waals surface area contributed by atoms with Crippen molar-refractivity contribution in [3.8, 4) is 0 Å². The van der Waals surface area contributed by atoms with Crippen LogP contribution in [0.1, 0.15) is 70.1 Å². The lowest BCUT2D eigenvalue weighted by Gasteiger charge is -2.31. The number of piperidine rings is 1. The number of aliphatic hydroxyl groups is 1. The fourth-order valence-electron chi connectivity index (χ4n) is 4.13. The molecule has 3 N–H and O–H groups in total. The standard InChI is InChI=1S/C23H25N3O5S/c1-12(2)17-7-8-18(32-17)20(28)22(30)24-10-13-4-3-5-14-15(13)11-26(23(14)31)16-6-9-19(27)25-21(16)29/h3-5,7-8,12,16,23,31H,6,9-11H2,1-2H3,(H,24,30)(H,25,27,29). The third-order valence-electron chi connectivity index (χ3n) is 5.92. The zero-order valence-corrected chi connectivity index (χ0v) is 18.7. The number of rotatable bonds is 6. The topological polar surface area (TPSA) is 116 Å².